The minimum Gasteiger partial charge on any atom is -0.316 e. The van der Waals surface area contributed by atoms with Gasteiger partial charge in [0.25, 0.3) is 0 Å². The normalized spacial score (nSPS) is 14.5. The Morgan fingerprint density at radius 3 is 2.50 bits per heavy atom. The van der Waals surface area contributed by atoms with Gasteiger partial charge in [-0.25, -0.2) is 0 Å². The van der Waals surface area contributed by atoms with Gasteiger partial charge in [-0.3, -0.25) is 14.9 Å². The number of para-hydroxylation sites is 1. The average Bonchev–Trinajstić information content (AvgIpc) is 2.83. The smallest absolute Gasteiger partial charge is 0.316 e. The molecule has 6 rings (SSSR count). The van der Waals surface area contributed by atoms with E-state index in [1.54, 1.807) is 35.4 Å². The van der Waals surface area contributed by atoms with Crippen molar-refractivity contribution in [3.05, 3.63) is 116 Å². The van der Waals surface area contributed by atoms with Crippen LogP contribution >= 0.6 is 0 Å². The van der Waals surface area contributed by atoms with Crippen molar-refractivity contribution in [2.24, 2.45) is 0 Å². The topological polar surface area (TPSA) is 76.0 Å². The number of hydrogen-bond acceptors (Lipinski definition) is 3. The van der Waals surface area contributed by atoms with E-state index in [0.717, 1.165) is 0 Å². The highest BCUT2D eigenvalue weighted by molar-refractivity contribution is 5.93. The number of benzene rings is 3. The summed E-state index contributed by atoms with van der Waals surface area (Å²) < 4.78 is 0. The molecule has 158 valence electrons. The van der Waals surface area contributed by atoms with Crippen molar-refractivity contribution in [3.63, 3.8) is 0 Å². The van der Waals surface area contributed by atoms with Crippen molar-refractivity contribution in [3.8, 4) is 0 Å². The maximum atomic E-state index is 11.2. The van der Waals surface area contributed by atoms with Crippen LogP contribution in [-0.4, -0.2) is 9.91 Å². The van der Waals surface area contributed by atoms with E-state index in [2.05, 4.69) is 53.5 Å². The fourth-order valence-electron chi connectivity index (χ4n) is 4.66. The third-order valence-corrected chi connectivity index (χ3v) is 6.22. The molecule has 3 aromatic carbocycles. The van der Waals surface area contributed by atoms with Crippen molar-refractivity contribution in [2.45, 2.75) is 25.7 Å². The van der Waals surface area contributed by atoms with Crippen LogP contribution in [0.15, 0.2) is 89.2 Å². The first-order valence-corrected chi connectivity index (χ1v) is 10.8. The summed E-state index contributed by atoms with van der Waals surface area (Å²) in [7, 11) is 0. The number of nitrogens with one attached hydrogen (secondary N) is 1. The summed E-state index contributed by atoms with van der Waals surface area (Å²) in [6.45, 7) is 0. The fourth-order valence-corrected chi connectivity index (χ4v) is 4.66. The average molecular weight is 422 g/mol. The van der Waals surface area contributed by atoms with Crippen molar-refractivity contribution >= 4 is 32.9 Å². The van der Waals surface area contributed by atoms with Crippen LogP contribution in [0.2, 0.25) is 0 Å². The van der Waals surface area contributed by atoms with Crippen LogP contribution in [0, 0.1) is 10.1 Å². The molecule has 2 aliphatic carbocycles. The molecule has 32 heavy (non-hydrogen) atoms. The van der Waals surface area contributed by atoms with Crippen molar-refractivity contribution in [1.82, 2.24) is 4.98 Å². The van der Waals surface area contributed by atoms with Crippen LogP contribution in [0.3, 0.4) is 0 Å². The molecule has 0 unspecified atom stereocenters. The number of hydrogen-bond donors (Lipinski definition) is 1. The number of nitro groups is 1. The molecular weight excluding hydrogens is 400 g/mol. The number of aromatic amines is 1. The molecule has 5 nitrogen and oxygen atoms in total. The Morgan fingerprint density at radius 2 is 1.66 bits per heavy atom. The molecule has 5 heteroatoms. The number of pyridine rings is 1. The van der Waals surface area contributed by atoms with Crippen LogP contribution in [-0.2, 0) is 6.42 Å². The van der Waals surface area contributed by atoms with Gasteiger partial charge in [-0.05, 0) is 59.2 Å². The molecule has 0 aliphatic heterocycles. The van der Waals surface area contributed by atoms with Gasteiger partial charge < -0.3 is 4.98 Å². The van der Waals surface area contributed by atoms with Crippen LogP contribution in [0.4, 0.5) is 5.69 Å². The molecular formula is C27H22N2O3. The molecule has 0 saturated heterocycles. The van der Waals surface area contributed by atoms with Crippen molar-refractivity contribution in [2.75, 3.05) is 0 Å². The van der Waals surface area contributed by atoms with Gasteiger partial charge in [-0.2, -0.15) is 0 Å². The maximum absolute atomic E-state index is 11.2. The zero-order valence-electron chi connectivity index (χ0n) is 17.5. The molecule has 0 amide bonds. The number of H-pyrrole nitrogens is 1. The van der Waals surface area contributed by atoms with E-state index >= 15 is 0 Å². The molecule has 0 fully saturated rings. The lowest BCUT2D eigenvalue weighted by molar-refractivity contribution is -0.386. The minimum absolute atomic E-state index is 0.427. The van der Waals surface area contributed by atoms with Gasteiger partial charge in [-0.15, -0.1) is 0 Å². The first kappa shape index (κ1) is 19.9. The van der Waals surface area contributed by atoms with Crippen LogP contribution in [0.25, 0.3) is 27.2 Å². The predicted octanol–water partition coefficient (Wildman–Crippen LogP) is 6.33. The van der Waals surface area contributed by atoms with Gasteiger partial charge in [0, 0.05) is 17.0 Å². The van der Waals surface area contributed by atoms with Gasteiger partial charge >= 0.3 is 11.2 Å². The van der Waals surface area contributed by atoms with Gasteiger partial charge in [-0.1, -0.05) is 72.3 Å². The number of allylic oxidation sites excluding steroid dienone is 4. The van der Waals surface area contributed by atoms with E-state index < -0.39 is 16.2 Å². The third-order valence-electron chi connectivity index (χ3n) is 6.22. The fraction of sp³-hybridized carbons (Fsp3) is 0.148. The predicted molar refractivity (Wildman–Crippen MR) is 129 cm³/mol. The Labute approximate surface area is 184 Å². The Balaban J connectivity index is 0.000000140. The number of aryl methyl sites for hydroxylation is 1. The van der Waals surface area contributed by atoms with Crippen LogP contribution < -0.4 is 5.56 Å². The van der Waals surface area contributed by atoms with E-state index in [-0.39, 0.29) is 0 Å². The number of nitrogens with zero attached hydrogens (tertiary/aromatic N) is 1. The molecule has 0 saturated carbocycles. The van der Waals surface area contributed by atoms with E-state index in [1.807, 2.05) is 0 Å². The zero-order valence-corrected chi connectivity index (χ0v) is 17.5. The second-order valence-corrected chi connectivity index (χ2v) is 8.10. The molecule has 1 N–H and O–H groups in total. The van der Waals surface area contributed by atoms with E-state index in [9.17, 15) is 14.9 Å². The first-order valence-electron chi connectivity index (χ1n) is 10.8. The number of fused-ring (bicyclic) bond motifs is 5. The molecule has 0 spiro atoms. The SMILES string of the molecule is C1=CC2=C(CC1)CCc1c2ccc2ccccc12.O=c1[nH]c2ccccc2cc1[N+](=O)[O-]. The van der Waals surface area contributed by atoms with Crippen molar-refractivity contribution < 1.29 is 4.92 Å². The summed E-state index contributed by atoms with van der Waals surface area (Å²) >= 11 is 0. The second kappa shape index (κ2) is 8.27. The second-order valence-electron chi connectivity index (χ2n) is 8.10. The Morgan fingerprint density at radius 1 is 0.875 bits per heavy atom. The van der Waals surface area contributed by atoms with Crippen LogP contribution in [0.1, 0.15) is 30.4 Å². The van der Waals surface area contributed by atoms with E-state index in [1.165, 1.54) is 53.7 Å². The third kappa shape index (κ3) is 3.62. The highest BCUT2D eigenvalue weighted by atomic mass is 16.6. The lowest BCUT2D eigenvalue weighted by Crippen LogP contribution is -2.10. The quantitative estimate of drug-likeness (QED) is 0.288. The zero-order chi connectivity index (χ0) is 22.1. The van der Waals surface area contributed by atoms with E-state index in [0.29, 0.717) is 10.9 Å². The summed E-state index contributed by atoms with van der Waals surface area (Å²) in [5, 5.41) is 13.9. The Bertz CT molecular complexity index is 1480. The molecule has 2 aliphatic rings. The first-order chi connectivity index (χ1) is 15.6. The Kier molecular flexibility index (Phi) is 5.15. The summed E-state index contributed by atoms with van der Waals surface area (Å²) in [4.78, 5) is 23.4. The standard InChI is InChI=1S/C18H16.C9H6N2O3/c1-3-7-15-13(5-1)9-11-18-16-8-4-2-6-14(16)10-12-17(15)18;12-9-8(11(13)14)5-6-3-1-2-4-7(6)10-9/h1,3-5,7-9,11H,2,6,10,12H2;1-5H,(H,10,12). The molecule has 0 atom stereocenters. The molecule has 0 radical (unpaired) electrons. The highest BCUT2D eigenvalue weighted by Crippen LogP contribution is 2.39. The van der Waals surface area contributed by atoms with Crippen molar-refractivity contribution in [1.29, 1.82) is 0 Å². The molecule has 1 aromatic heterocycles. The summed E-state index contributed by atoms with van der Waals surface area (Å²) in [5.74, 6) is 0. The van der Waals surface area contributed by atoms with Gasteiger partial charge in [0.2, 0.25) is 0 Å². The van der Waals surface area contributed by atoms with Gasteiger partial charge in [0.1, 0.15) is 0 Å². The Hall–Kier alpha value is -3.99. The summed E-state index contributed by atoms with van der Waals surface area (Å²) in [6.07, 6.45) is 9.61. The molecule has 4 aromatic rings. The van der Waals surface area contributed by atoms with Crippen LogP contribution in [0.5, 0.6) is 0 Å². The lowest BCUT2D eigenvalue weighted by Gasteiger charge is -2.25. The molecule has 0 bridgehead atoms. The van der Waals surface area contributed by atoms with Gasteiger partial charge in [0.15, 0.2) is 0 Å². The number of rotatable bonds is 1. The largest absolute Gasteiger partial charge is 0.334 e. The molecule has 1 heterocycles. The number of aromatic nitrogens is 1. The maximum Gasteiger partial charge on any atom is 0.334 e. The lowest BCUT2D eigenvalue weighted by atomic mass is 9.80. The monoisotopic (exact) mass is 422 g/mol. The minimum atomic E-state index is -0.689. The van der Waals surface area contributed by atoms with E-state index in [4.69, 9.17) is 0 Å². The summed E-state index contributed by atoms with van der Waals surface area (Å²) in [6, 6.07) is 21.5. The highest BCUT2D eigenvalue weighted by Gasteiger charge is 2.20. The summed E-state index contributed by atoms with van der Waals surface area (Å²) in [5.41, 5.74) is 5.71. The van der Waals surface area contributed by atoms with Gasteiger partial charge in [0.05, 0.1) is 4.92 Å².